The van der Waals surface area contributed by atoms with Crippen molar-refractivity contribution in [2.75, 3.05) is 0 Å². The summed E-state index contributed by atoms with van der Waals surface area (Å²) in [6, 6.07) is 0. The lowest BCUT2D eigenvalue weighted by Gasteiger charge is -1.77. The number of hydrogen-bond acceptors (Lipinski definition) is 0. The van der Waals surface area contributed by atoms with Crippen LogP contribution in [0.25, 0.3) is 0 Å². The van der Waals surface area contributed by atoms with Gasteiger partial charge in [-0.2, -0.15) is 0 Å². The Morgan fingerprint density at radius 2 is 1.67 bits per heavy atom. The zero-order chi connectivity index (χ0) is 4.41. The Labute approximate surface area is 37.6 Å². The molecule has 1 aliphatic rings. The smallest absolute Gasteiger partial charge is 0.0728 e. The van der Waals surface area contributed by atoms with Gasteiger partial charge in [-0.1, -0.05) is 11.8 Å². The van der Waals surface area contributed by atoms with Crippen LogP contribution in [0.4, 0.5) is 0 Å². The predicted molar refractivity (Wildman–Crippen MR) is 24.7 cm³/mol. The predicted octanol–water partition coefficient (Wildman–Crippen LogP) is 0.643. The zero-order valence-corrected chi connectivity index (χ0v) is 3.58. The molecule has 0 radical (unpaired) electrons. The quantitative estimate of drug-likeness (QED) is 0.371. The summed E-state index contributed by atoms with van der Waals surface area (Å²) in [7, 11) is 0. The van der Waals surface area contributed by atoms with Crippen LogP contribution in [0.15, 0.2) is 0 Å². The third-order valence-electron chi connectivity index (χ3n) is 0.640. The van der Waals surface area contributed by atoms with Crippen molar-refractivity contribution in [3.63, 3.8) is 0 Å². The van der Waals surface area contributed by atoms with E-state index in [0.29, 0.717) is 5.92 Å². The van der Waals surface area contributed by atoms with Gasteiger partial charge in [-0.05, 0) is 18.8 Å². The molecule has 0 aromatic carbocycles. The molecule has 6 heavy (non-hydrogen) atoms. The molecular formula is C6H4. The van der Waals surface area contributed by atoms with Gasteiger partial charge in [-0.3, -0.25) is 0 Å². The summed E-state index contributed by atoms with van der Waals surface area (Å²) in [5, 5.41) is 0. The van der Waals surface area contributed by atoms with Crippen molar-refractivity contribution in [1.29, 1.82) is 0 Å². The van der Waals surface area contributed by atoms with Gasteiger partial charge >= 0.3 is 0 Å². The first-order valence-corrected chi connectivity index (χ1v) is 1.90. The molecule has 0 heteroatoms. The average molecular weight is 76.1 g/mol. The van der Waals surface area contributed by atoms with E-state index in [0.717, 1.165) is 0 Å². The lowest BCUT2D eigenvalue weighted by molar-refractivity contribution is 1.03. The zero-order valence-electron chi connectivity index (χ0n) is 3.58. The first kappa shape index (κ1) is 3.32. The molecule has 1 rings (SSSR count). The first-order valence-electron chi connectivity index (χ1n) is 1.90. The van der Waals surface area contributed by atoms with Crippen molar-refractivity contribution in [2.24, 2.45) is 5.92 Å². The van der Waals surface area contributed by atoms with E-state index in [4.69, 9.17) is 0 Å². The molecule has 0 heterocycles. The Morgan fingerprint density at radius 3 is 1.83 bits per heavy atom. The topological polar surface area (TPSA) is 0 Å². The Hall–Kier alpha value is -0.880. The van der Waals surface area contributed by atoms with E-state index in [1.807, 2.05) is 6.92 Å². The molecule has 0 N–H and O–H groups in total. The molecule has 0 fully saturated rings. The van der Waals surface area contributed by atoms with Gasteiger partial charge in [0.15, 0.2) is 0 Å². The molecule has 0 aromatic rings. The summed E-state index contributed by atoms with van der Waals surface area (Å²) in [5.74, 6) is 11.3. The molecule has 0 aromatic heterocycles. The van der Waals surface area contributed by atoms with Crippen molar-refractivity contribution in [1.82, 2.24) is 0 Å². The van der Waals surface area contributed by atoms with Gasteiger partial charge in [0.2, 0.25) is 0 Å². The summed E-state index contributed by atoms with van der Waals surface area (Å²) >= 11 is 0. The Bertz CT molecular complexity index is 136. The number of rotatable bonds is 0. The summed E-state index contributed by atoms with van der Waals surface area (Å²) in [4.78, 5) is 0. The van der Waals surface area contributed by atoms with Crippen molar-refractivity contribution < 1.29 is 0 Å². The van der Waals surface area contributed by atoms with Gasteiger partial charge in [0.1, 0.15) is 0 Å². The van der Waals surface area contributed by atoms with E-state index in [2.05, 4.69) is 23.7 Å². The third-order valence-corrected chi connectivity index (χ3v) is 0.640. The SMILES string of the molecule is CC1C#CC#C1. The minimum Gasteiger partial charge on any atom is -0.0728 e. The number of hydrogen-bond donors (Lipinski definition) is 0. The van der Waals surface area contributed by atoms with Crippen LogP contribution >= 0.6 is 0 Å². The second-order valence-electron chi connectivity index (χ2n) is 1.26. The van der Waals surface area contributed by atoms with E-state index in [1.165, 1.54) is 0 Å². The lowest BCUT2D eigenvalue weighted by atomic mass is 10.2. The molecule has 0 amide bonds. The fraction of sp³-hybridized carbons (Fsp3) is 0.333. The van der Waals surface area contributed by atoms with Crippen LogP contribution in [-0.2, 0) is 0 Å². The second kappa shape index (κ2) is 1.07. The Morgan fingerprint density at radius 1 is 1.17 bits per heavy atom. The normalized spacial score (nSPS) is 14.8. The van der Waals surface area contributed by atoms with Gasteiger partial charge in [0, 0.05) is 0 Å². The van der Waals surface area contributed by atoms with E-state index in [9.17, 15) is 0 Å². The van der Waals surface area contributed by atoms with Crippen LogP contribution in [-0.4, -0.2) is 0 Å². The summed E-state index contributed by atoms with van der Waals surface area (Å²) < 4.78 is 0. The van der Waals surface area contributed by atoms with Crippen molar-refractivity contribution >= 4 is 0 Å². The molecule has 0 bridgehead atoms. The molecule has 0 saturated heterocycles. The molecule has 0 nitrogen and oxygen atoms in total. The van der Waals surface area contributed by atoms with Gasteiger partial charge < -0.3 is 0 Å². The van der Waals surface area contributed by atoms with Crippen LogP contribution in [0, 0.1) is 29.6 Å². The summed E-state index contributed by atoms with van der Waals surface area (Å²) in [5.41, 5.74) is 0. The first-order chi connectivity index (χ1) is 2.89. The summed E-state index contributed by atoms with van der Waals surface area (Å²) in [6.07, 6.45) is 0. The molecule has 0 atom stereocenters. The van der Waals surface area contributed by atoms with Crippen molar-refractivity contribution in [3.8, 4) is 23.7 Å². The molecule has 1 aliphatic carbocycles. The van der Waals surface area contributed by atoms with Crippen molar-refractivity contribution in [2.45, 2.75) is 6.92 Å². The Balaban J connectivity index is 2.83. The fourth-order valence-corrected chi connectivity index (χ4v) is 0.325. The molecule has 0 aliphatic heterocycles. The highest BCUT2D eigenvalue weighted by Gasteiger charge is 1.88. The largest absolute Gasteiger partial charge is 0.0803 e. The fourth-order valence-electron chi connectivity index (χ4n) is 0.325. The van der Waals surface area contributed by atoms with Crippen LogP contribution in [0.1, 0.15) is 6.92 Å². The van der Waals surface area contributed by atoms with Crippen molar-refractivity contribution in [3.05, 3.63) is 0 Å². The second-order valence-corrected chi connectivity index (χ2v) is 1.26. The van der Waals surface area contributed by atoms with Gasteiger partial charge in [0.25, 0.3) is 0 Å². The maximum atomic E-state index is 2.85. The molecule has 28 valence electrons. The molecule has 0 saturated carbocycles. The maximum absolute atomic E-state index is 2.85. The molecular weight excluding hydrogens is 72.1 g/mol. The minimum absolute atomic E-state index is 0.324. The van der Waals surface area contributed by atoms with Gasteiger partial charge in [-0.25, -0.2) is 0 Å². The minimum atomic E-state index is 0.324. The van der Waals surface area contributed by atoms with E-state index in [-0.39, 0.29) is 0 Å². The average Bonchev–Trinajstić information content (AvgIpc) is 1.86. The van der Waals surface area contributed by atoms with E-state index >= 15 is 0 Å². The van der Waals surface area contributed by atoms with E-state index < -0.39 is 0 Å². The van der Waals surface area contributed by atoms with Crippen LogP contribution in [0.5, 0.6) is 0 Å². The Kier molecular flexibility index (Phi) is 0.592. The highest BCUT2D eigenvalue weighted by molar-refractivity contribution is 5.37. The monoisotopic (exact) mass is 76.0 g/mol. The third kappa shape index (κ3) is 0.374. The van der Waals surface area contributed by atoms with E-state index in [1.54, 1.807) is 0 Å². The highest BCUT2D eigenvalue weighted by Crippen LogP contribution is 1.89. The van der Waals surface area contributed by atoms with Crippen LogP contribution < -0.4 is 0 Å². The van der Waals surface area contributed by atoms with Crippen LogP contribution in [0.2, 0.25) is 0 Å². The van der Waals surface area contributed by atoms with Gasteiger partial charge in [-0.15, -0.1) is 0 Å². The van der Waals surface area contributed by atoms with Crippen LogP contribution in [0.3, 0.4) is 0 Å². The molecule has 0 unspecified atom stereocenters. The standard InChI is InChI=1S/C6H4/c1-6-4-2-3-5-6/h6H,1H3. The summed E-state index contributed by atoms with van der Waals surface area (Å²) in [6.45, 7) is 1.99. The highest BCUT2D eigenvalue weighted by atomic mass is 13.9. The van der Waals surface area contributed by atoms with Gasteiger partial charge in [0.05, 0.1) is 5.92 Å². The maximum Gasteiger partial charge on any atom is 0.0803 e. The lowest BCUT2D eigenvalue weighted by Crippen LogP contribution is -1.75. The molecule has 0 spiro atoms.